The fraction of sp³-hybridized carbons (Fsp3) is 0.562. The first-order valence-electron chi connectivity index (χ1n) is 7.97. The van der Waals surface area contributed by atoms with Crippen molar-refractivity contribution in [3.63, 3.8) is 0 Å². The molecule has 0 aromatic heterocycles. The number of hydrogen-bond donors (Lipinski definition) is 1. The van der Waals surface area contributed by atoms with Gasteiger partial charge in [0, 0.05) is 11.3 Å². The Morgan fingerprint density at radius 3 is 2.65 bits per heavy atom. The summed E-state index contributed by atoms with van der Waals surface area (Å²) in [5.74, 6) is 1.12. The van der Waals surface area contributed by atoms with E-state index in [4.69, 9.17) is 9.47 Å². The summed E-state index contributed by atoms with van der Waals surface area (Å²) < 4.78 is 11.1. The van der Waals surface area contributed by atoms with Crippen LogP contribution in [0, 0.1) is 22.0 Å². The molecular formula is C16H18N2O5. The van der Waals surface area contributed by atoms with Gasteiger partial charge in [-0.1, -0.05) is 6.07 Å². The van der Waals surface area contributed by atoms with E-state index < -0.39 is 12.0 Å². The van der Waals surface area contributed by atoms with Crippen LogP contribution >= 0.6 is 0 Å². The van der Waals surface area contributed by atoms with E-state index in [1.807, 2.05) is 18.2 Å². The third kappa shape index (κ3) is 2.83. The van der Waals surface area contributed by atoms with Gasteiger partial charge in [0.15, 0.2) is 11.5 Å². The van der Waals surface area contributed by atoms with E-state index in [0.29, 0.717) is 31.3 Å². The van der Waals surface area contributed by atoms with Gasteiger partial charge in [0.1, 0.15) is 19.1 Å². The number of amides is 1. The average molecular weight is 318 g/mol. The number of benzene rings is 1. The Balaban J connectivity index is 1.50. The number of nitro groups is 1. The SMILES string of the molecule is O=C(N[C@H](c1ccc2c(c1)OCCO2)C1CC1)[C@H]1C[C@H]1[N+](=O)[O-]. The zero-order chi connectivity index (χ0) is 16.0. The van der Waals surface area contributed by atoms with Crippen LogP contribution in [0.15, 0.2) is 18.2 Å². The van der Waals surface area contributed by atoms with Crippen LogP contribution in [0.2, 0.25) is 0 Å². The van der Waals surface area contributed by atoms with Gasteiger partial charge in [-0.2, -0.15) is 0 Å². The van der Waals surface area contributed by atoms with Crippen LogP contribution < -0.4 is 14.8 Å². The molecule has 0 saturated heterocycles. The molecule has 0 radical (unpaired) electrons. The van der Waals surface area contributed by atoms with Crippen LogP contribution in [0.4, 0.5) is 0 Å². The molecule has 4 rings (SSSR count). The van der Waals surface area contributed by atoms with Gasteiger partial charge < -0.3 is 14.8 Å². The Morgan fingerprint density at radius 1 is 1.26 bits per heavy atom. The molecule has 1 aromatic rings. The topological polar surface area (TPSA) is 90.7 Å². The lowest BCUT2D eigenvalue weighted by Gasteiger charge is -2.23. The fourth-order valence-electron chi connectivity index (χ4n) is 3.11. The van der Waals surface area contributed by atoms with Crippen molar-refractivity contribution in [3.8, 4) is 11.5 Å². The van der Waals surface area contributed by atoms with E-state index in [0.717, 1.165) is 24.2 Å². The van der Waals surface area contributed by atoms with Crippen LogP contribution in [0.5, 0.6) is 11.5 Å². The maximum Gasteiger partial charge on any atom is 0.230 e. The second kappa shape index (κ2) is 5.40. The van der Waals surface area contributed by atoms with Crippen LogP contribution in [-0.2, 0) is 4.79 Å². The lowest BCUT2D eigenvalue weighted by molar-refractivity contribution is -0.497. The molecule has 7 heteroatoms. The van der Waals surface area contributed by atoms with Crippen LogP contribution in [0.1, 0.15) is 30.9 Å². The Hall–Kier alpha value is -2.31. The van der Waals surface area contributed by atoms with Gasteiger partial charge in [0.2, 0.25) is 11.9 Å². The summed E-state index contributed by atoms with van der Waals surface area (Å²) in [5.41, 5.74) is 0.975. The Bertz CT molecular complexity index is 658. The van der Waals surface area contributed by atoms with Crippen molar-refractivity contribution in [1.29, 1.82) is 0 Å². The van der Waals surface area contributed by atoms with E-state index in [1.54, 1.807) is 0 Å². The van der Waals surface area contributed by atoms with Crippen LogP contribution in [0.25, 0.3) is 0 Å². The van der Waals surface area contributed by atoms with Crippen molar-refractivity contribution in [1.82, 2.24) is 5.32 Å². The summed E-state index contributed by atoms with van der Waals surface area (Å²) in [6.07, 6.45) is 2.46. The molecule has 1 heterocycles. The molecule has 2 aliphatic carbocycles. The number of rotatable bonds is 5. The molecule has 2 fully saturated rings. The van der Waals surface area contributed by atoms with Gasteiger partial charge in [0.25, 0.3) is 0 Å². The number of nitrogens with one attached hydrogen (secondary N) is 1. The standard InChI is InChI=1S/C16H18N2O5/c19-16(11-8-12(11)18(20)21)17-15(9-1-2-9)10-3-4-13-14(7-10)23-6-5-22-13/h3-4,7,9,11-12,15H,1-2,5-6,8H2,(H,17,19)/t11-,12+,15-/m0/s1. The van der Waals surface area contributed by atoms with E-state index in [2.05, 4.69) is 5.32 Å². The highest BCUT2D eigenvalue weighted by Crippen LogP contribution is 2.44. The van der Waals surface area contributed by atoms with Crippen LogP contribution in [0.3, 0.4) is 0 Å². The molecule has 23 heavy (non-hydrogen) atoms. The number of hydrogen-bond acceptors (Lipinski definition) is 5. The molecule has 1 aromatic carbocycles. The summed E-state index contributed by atoms with van der Waals surface area (Å²) >= 11 is 0. The van der Waals surface area contributed by atoms with Crippen LogP contribution in [-0.4, -0.2) is 30.1 Å². The number of nitrogens with zero attached hydrogens (tertiary/aromatic N) is 1. The zero-order valence-electron chi connectivity index (χ0n) is 12.6. The molecule has 1 N–H and O–H groups in total. The maximum absolute atomic E-state index is 12.3. The number of fused-ring (bicyclic) bond motifs is 1. The predicted octanol–water partition coefficient (Wildman–Crippen LogP) is 1.69. The van der Waals surface area contributed by atoms with Crippen molar-refractivity contribution in [2.24, 2.45) is 11.8 Å². The van der Waals surface area contributed by atoms with E-state index in [1.165, 1.54) is 0 Å². The van der Waals surface area contributed by atoms with Gasteiger partial charge in [-0.25, -0.2) is 0 Å². The average Bonchev–Trinajstić information content (AvgIpc) is 3.44. The van der Waals surface area contributed by atoms with Gasteiger partial charge in [-0.3, -0.25) is 14.9 Å². The van der Waals surface area contributed by atoms with Crippen molar-refractivity contribution < 1.29 is 19.2 Å². The minimum absolute atomic E-state index is 0.105. The third-order valence-corrected chi connectivity index (χ3v) is 4.68. The summed E-state index contributed by atoms with van der Waals surface area (Å²) in [4.78, 5) is 22.6. The Morgan fingerprint density at radius 2 is 2.00 bits per heavy atom. The second-order valence-electron chi connectivity index (χ2n) is 6.42. The molecule has 7 nitrogen and oxygen atoms in total. The lowest BCUT2D eigenvalue weighted by Crippen LogP contribution is -2.32. The van der Waals surface area contributed by atoms with Crippen molar-refractivity contribution in [2.45, 2.75) is 31.3 Å². The number of carbonyl (C=O) groups is 1. The third-order valence-electron chi connectivity index (χ3n) is 4.68. The van der Waals surface area contributed by atoms with E-state index >= 15 is 0 Å². The van der Waals surface area contributed by atoms with Crippen molar-refractivity contribution in [2.75, 3.05) is 13.2 Å². The molecule has 122 valence electrons. The number of ether oxygens (including phenoxy) is 2. The number of carbonyl (C=O) groups excluding carboxylic acids is 1. The van der Waals surface area contributed by atoms with E-state index in [9.17, 15) is 14.9 Å². The van der Waals surface area contributed by atoms with Crippen molar-refractivity contribution >= 4 is 5.91 Å². The first-order valence-corrected chi connectivity index (χ1v) is 7.97. The normalized spacial score (nSPS) is 26.3. The Labute approximate surface area is 133 Å². The molecule has 3 aliphatic rings. The van der Waals surface area contributed by atoms with Crippen molar-refractivity contribution in [3.05, 3.63) is 33.9 Å². The molecule has 1 amide bonds. The summed E-state index contributed by atoms with van der Waals surface area (Å²) in [6, 6.07) is 4.90. The second-order valence-corrected chi connectivity index (χ2v) is 6.42. The van der Waals surface area contributed by atoms with Gasteiger partial charge >= 0.3 is 0 Å². The molecule has 1 aliphatic heterocycles. The Kier molecular flexibility index (Phi) is 3.36. The molecule has 0 unspecified atom stereocenters. The maximum atomic E-state index is 12.3. The zero-order valence-corrected chi connectivity index (χ0v) is 12.6. The van der Waals surface area contributed by atoms with Gasteiger partial charge in [0.05, 0.1) is 6.04 Å². The molecule has 0 spiro atoms. The first kappa shape index (κ1) is 14.3. The highest BCUT2D eigenvalue weighted by atomic mass is 16.6. The summed E-state index contributed by atoms with van der Waals surface area (Å²) in [5, 5.41) is 13.7. The van der Waals surface area contributed by atoms with Gasteiger partial charge in [-0.05, 0) is 36.5 Å². The lowest BCUT2D eigenvalue weighted by atomic mass is 10.0. The van der Waals surface area contributed by atoms with Gasteiger partial charge in [-0.15, -0.1) is 0 Å². The fourth-order valence-corrected chi connectivity index (χ4v) is 3.11. The first-order chi connectivity index (χ1) is 11.1. The largest absolute Gasteiger partial charge is 0.486 e. The monoisotopic (exact) mass is 318 g/mol. The summed E-state index contributed by atoms with van der Waals surface area (Å²) in [7, 11) is 0. The van der Waals surface area contributed by atoms with E-state index in [-0.39, 0.29) is 16.9 Å². The highest BCUT2D eigenvalue weighted by molar-refractivity contribution is 5.82. The molecular weight excluding hydrogens is 300 g/mol. The highest BCUT2D eigenvalue weighted by Gasteiger charge is 2.54. The molecule has 2 saturated carbocycles. The quantitative estimate of drug-likeness (QED) is 0.659. The molecule has 0 bridgehead atoms. The molecule has 3 atom stereocenters. The minimum atomic E-state index is -0.713. The minimum Gasteiger partial charge on any atom is -0.486 e. The predicted molar refractivity (Wildman–Crippen MR) is 79.9 cm³/mol. The summed E-state index contributed by atoms with van der Waals surface area (Å²) in [6.45, 7) is 1.06. The smallest absolute Gasteiger partial charge is 0.230 e.